The van der Waals surface area contributed by atoms with Crippen molar-refractivity contribution in [3.05, 3.63) is 21.4 Å². The van der Waals surface area contributed by atoms with Gasteiger partial charge in [0.05, 0.1) is 5.56 Å². The summed E-state index contributed by atoms with van der Waals surface area (Å²) < 4.78 is 0. The second kappa shape index (κ2) is 5.10. The standard InChI is InChI=1S/C13H17NO3S/c1-8-9(2)18-7-10(8)12(15)14-6-4-3-5-11(14)13(16)17/h7,11H,3-6H2,1-2H3,(H,16,17). The number of piperidine rings is 1. The normalized spacial score (nSPS) is 19.9. The second-order valence-corrected chi connectivity index (χ2v) is 5.76. The van der Waals surface area contributed by atoms with Crippen LogP contribution in [-0.4, -0.2) is 34.5 Å². The molecule has 1 aliphatic rings. The Morgan fingerprint density at radius 1 is 1.39 bits per heavy atom. The summed E-state index contributed by atoms with van der Waals surface area (Å²) in [7, 11) is 0. The van der Waals surface area contributed by atoms with Gasteiger partial charge < -0.3 is 10.0 Å². The fourth-order valence-corrected chi connectivity index (χ4v) is 3.17. The molecule has 1 aromatic heterocycles. The third-order valence-electron chi connectivity index (χ3n) is 3.56. The zero-order chi connectivity index (χ0) is 13.3. The van der Waals surface area contributed by atoms with Gasteiger partial charge in [0, 0.05) is 16.8 Å². The van der Waals surface area contributed by atoms with Crippen LogP contribution in [0.1, 0.15) is 40.1 Å². The SMILES string of the molecule is Cc1scc(C(=O)N2CCCCC2C(=O)O)c1C. The minimum absolute atomic E-state index is 0.135. The van der Waals surface area contributed by atoms with Gasteiger partial charge in [-0.25, -0.2) is 4.79 Å². The van der Waals surface area contributed by atoms with Crippen LogP contribution in [-0.2, 0) is 4.79 Å². The van der Waals surface area contributed by atoms with E-state index >= 15 is 0 Å². The molecule has 0 bridgehead atoms. The number of carboxylic acids is 1. The van der Waals surface area contributed by atoms with Crippen molar-refractivity contribution in [2.24, 2.45) is 0 Å². The fourth-order valence-electron chi connectivity index (χ4n) is 2.31. The van der Waals surface area contributed by atoms with E-state index in [1.54, 1.807) is 0 Å². The molecule has 0 spiro atoms. The predicted molar refractivity (Wildman–Crippen MR) is 70.1 cm³/mol. The summed E-state index contributed by atoms with van der Waals surface area (Å²) in [6.07, 6.45) is 2.32. The number of carbonyl (C=O) groups is 2. The highest BCUT2D eigenvalue weighted by Gasteiger charge is 2.33. The quantitative estimate of drug-likeness (QED) is 0.895. The Morgan fingerprint density at radius 2 is 2.11 bits per heavy atom. The number of nitrogens with zero attached hydrogens (tertiary/aromatic N) is 1. The molecule has 98 valence electrons. The smallest absolute Gasteiger partial charge is 0.326 e. The fraction of sp³-hybridized carbons (Fsp3) is 0.538. The summed E-state index contributed by atoms with van der Waals surface area (Å²) in [6, 6.07) is -0.661. The number of aryl methyl sites for hydroxylation is 1. The largest absolute Gasteiger partial charge is 0.480 e. The summed E-state index contributed by atoms with van der Waals surface area (Å²) in [5.74, 6) is -1.03. The molecule has 4 nitrogen and oxygen atoms in total. The third kappa shape index (κ3) is 2.27. The molecule has 1 fully saturated rings. The number of carbonyl (C=O) groups excluding carboxylic acids is 1. The summed E-state index contributed by atoms with van der Waals surface area (Å²) >= 11 is 1.54. The molecule has 1 N–H and O–H groups in total. The molecule has 5 heteroatoms. The van der Waals surface area contributed by atoms with Gasteiger partial charge in [-0.05, 0) is 38.7 Å². The summed E-state index contributed by atoms with van der Waals surface area (Å²) in [5.41, 5.74) is 1.63. The molecule has 0 radical (unpaired) electrons. The lowest BCUT2D eigenvalue weighted by atomic mass is 10.0. The van der Waals surface area contributed by atoms with Gasteiger partial charge in [-0.2, -0.15) is 0 Å². The highest BCUT2D eigenvalue weighted by atomic mass is 32.1. The van der Waals surface area contributed by atoms with Crippen LogP contribution in [0, 0.1) is 13.8 Å². The average molecular weight is 267 g/mol. The third-order valence-corrected chi connectivity index (χ3v) is 4.58. The van der Waals surface area contributed by atoms with Gasteiger partial charge in [0.15, 0.2) is 0 Å². The lowest BCUT2D eigenvalue weighted by Gasteiger charge is -2.33. The summed E-state index contributed by atoms with van der Waals surface area (Å²) in [6.45, 7) is 4.44. The van der Waals surface area contributed by atoms with Gasteiger partial charge in [-0.1, -0.05) is 0 Å². The number of thiophene rings is 1. The molecule has 1 amide bonds. The van der Waals surface area contributed by atoms with Crippen molar-refractivity contribution >= 4 is 23.2 Å². The highest BCUT2D eigenvalue weighted by Crippen LogP contribution is 2.25. The van der Waals surface area contributed by atoms with Gasteiger partial charge >= 0.3 is 5.97 Å². The lowest BCUT2D eigenvalue weighted by molar-refractivity contribution is -0.143. The van der Waals surface area contributed by atoms with Crippen molar-refractivity contribution in [2.45, 2.75) is 39.2 Å². The number of hydrogen-bond acceptors (Lipinski definition) is 3. The molecule has 0 aromatic carbocycles. The molecule has 0 aliphatic carbocycles. The van der Waals surface area contributed by atoms with Crippen molar-refractivity contribution in [1.82, 2.24) is 4.90 Å². The zero-order valence-corrected chi connectivity index (χ0v) is 11.4. The van der Waals surface area contributed by atoms with Gasteiger partial charge in [-0.3, -0.25) is 4.79 Å². The van der Waals surface area contributed by atoms with Crippen LogP contribution >= 0.6 is 11.3 Å². The molecule has 0 saturated carbocycles. The van der Waals surface area contributed by atoms with E-state index in [0.717, 1.165) is 23.3 Å². The van der Waals surface area contributed by atoms with E-state index in [4.69, 9.17) is 0 Å². The molecule has 18 heavy (non-hydrogen) atoms. The minimum atomic E-state index is -0.896. The van der Waals surface area contributed by atoms with Gasteiger partial charge in [0.2, 0.25) is 0 Å². The molecule has 2 heterocycles. The molecular formula is C13H17NO3S. The number of amides is 1. The highest BCUT2D eigenvalue weighted by molar-refractivity contribution is 7.10. The van der Waals surface area contributed by atoms with Crippen molar-refractivity contribution in [3.63, 3.8) is 0 Å². The minimum Gasteiger partial charge on any atom is -0.480 e. The summed E-state index contributed by atoms with van der Waals surface area (Å²) in [4.78, 5) is 26.2. The number of likely N-dealkylation sites (tertiary alicyclic amines) is 1. The molecule has 1 unspecified atom stereocenters. The van der Waals surface area contributed by atoms with Gasteiger partial charge in [0.25, 0.3) is 5.91 Å². The maximum Gasteiger partial charge on any atom is 0.326 e. The average Bonchev–Trinajstić information content (AvgIpc) is 2.69. The maximum atomic E-state index is 12.4. The Kier molecular flexibility index (Phi) is 3.71. The van der Waals surface area contributed by atoms with Crippen LogP contribution in [0.5, 0.6) is 0 Å². The predicted octanol–water partition coefficient (Wildman–Crippen LogP) is 2.44. The van der Waals surface area contributed by atoms with E-state index in [1.165, 1.54) is 16.2 Å². The number of hydrogen-bond donors (Lipinski definition) is 1. The van der Waals surface area contributed by atoms with Crippen LogP contribution in [0.4, 0.5) is 0 Å². The van der Waals surface area contributed by atoms with Crippen LogP contribution in [0.25, 0.3) is 0 Å². The van der Waals surface area contributed by atoms with Gasteiger partial charge in [-0.15, -0.1) is 11.3 Å². The summed E-state index contributed by atoms with van der Waals surface area (Å²) in [5, 5.41) is 11.0. The Hall–Kier alpha value is -1.36. The zero-order valence-electron chi connectivity index (χ0n) is 10.6. The van der Waals surface area contributed by atoms with E-state index in [0.29, 0.717) is 18.5 Å². The van der Waals surface area contributed by atoms with Crippen LogP contribution < -0.4 is 0 Å². The molecular weight excluding hydrogens is 250 g/mol. The van der Waals surface area contributed by atoms with Crippen LogP contribution in [0.2, 0.25) is 0 Å². The monoisotopic (exact) mass is 267 g/mol. The molecule has 2 rings (SSSR count). The second-order valence-electron chi connectivity index (χ2n) is 4.68. The first-order valence-electron chi connectivity index (χ1n) is 6.11. The topological polar surface area (TPSA) is 57.6 Å². The Morgan fingerprint density at radius 3 is 2.67 bits per heavy atom. The Balaban J connectivity index is 2.26. The Bertz CT molecular complexity index is 481. The van der Waals surface area contributed by atoms with Crippen LogP contribution in [0.3, 0.4) is 0 Å². The number of rotatable bonds is 2. The molecule has 1 atom stereocenters. The molecule has 1 aromatic rings. The van der Waals surface area contributed by atoms with Crippen molar-refractivity contribution in [2.75, 3.05) is 6.54 Å². The molecule has 1 aliphatic heterocycles. The van der Waals surface area contributed by atoms with Crippen molar-refractivity contribution in [3.8, 4) is 0 Å². The number of aliphatic carboxylic acids is 1. The first-order valence-corrected chi connectivity index (χ1v) is 6.98. The molecule has 1 saturated heterocycles. The van der Waals surface area contributed by atoms with E-state index in [1.807, 2.05) is 19.2 Å². The maximum absolute atomic E-state index is 12.4. The first-order chi connectivity index (χ1) is 8.52. The van der Waals surface area contributed by atoms with E-state index in [9.17, 15) is 14.7 Å². The number of carboxylic acid groups (broad SMARTS) is 1. The lowest BCUT2D eigenvalue weighted by Crippen LogP contribution is -2.48. The van der Waals surface area contributed by atoms with E-state index in [-0.39, 0.29) is 5.91 Å². The van der Waals surface area contributed by atoms with Crippen molar-refractivity contribution < 1.29 is 14.7 Å². The van der Waals surface area contributed by atoms with E-state index < -0.39 is 12.0 Å². The van der Waals surface area contributed by atoms with Gasteiger partial charge in [0.1, 0.15) is 6.04 Å². The first kappa shape index (κ1) is 13.1. The van der Waals surface area contributed by atoms with Crippen LogP contribution in [0.15, 0.2) is 5.38 Å². The van der Waals surface area contributed by atoms with Crippen molar-refractivity contribution in [1.29, 1.82) is 0 Å². The Labute approximate surface area is 110 Å². The van der Waals surface area contributed by atoms with E-state index in [2.05, 4.69) is 0 Å².